The molecule has 4 rings (SSSR count). The van der Waals surface area contributed by atoms with Crippen molar-refractivity contribution in [2.24, 2.45) is 10.8 Å². The van der Waals surface area contributed by atoms with Crippen LogP contribution in [0.2, 0.25) is 5.28 Å². The lowest BCUT2D eigenvalue weighted by atomic mass is 9.79. The Kier molecular flexibility index (Phi) is 21.4. The summed E-state index contributed by atoms with van der Waals surface area (Å²) in [4.78, 5) is 39.5. The number of amides is 2. The number of carbonyl (C=O) groups excluding carboxylic acids is 2. The van der Waals surface area contributed by atoms with Crippen molar-refractivity contribution in [3.8, 4) is 11.4 Å². The number of nitrogens with zero attached hydrogens (tertiary/aromatic N) is 4. The molecule has 12 N–H and O–H groups in total. The minimum atomic E-state index is -1.59. The van der Waals surface area contributed by atoms with Crippen LogP contribution >= 0.6 is 11.6 Å². The Bertz CT molecular complexity index is 1440. The molecule has 0 atom stereocenters. The fraction of sp³-hybridized carbons (Fsp3) is 0.267. The zero-order valence-electron chi connectivity index (χ0n) is 26.5. The second kappa shape index (κ2) is 21.4. The quantitative estimate of drug-likeness (QED) is 0.182. The number of carbonyl (C=O) groups is 2. The van der Waals surface area contributed by atoms with Gasteiger partial charge in [0.15, 0.2) is 5.82 Å². The molecule has 0 bridgehead atoms. The molecule has 0 saturated heterocycles. The lowest BCUT2D eigenvalue weighted by Gasteiger charge is -2.19. The first kappa shape index (κ1) is 46.1. The molecule has 0 aliphatic rings. The van der Waals surface area contributed by atoms with E-state index in [4.69, 9.17) is 21.6 Å². The van der Waals surface area contributed by atoms with E-state index in [0.717, 1.165) is 11.3 Å². The molecule has 2 aromatic carbocycles. The van der Waals surface area contributed by atoms with Crippen molar-refractivity contribution < 1.29 is 41.5 Å². The van der Waals surface area contributed by atoms with Gasteiger partial charge >= 0.3 is 7.12 Å². The third-order valence-corrected chi connectivity index (χ3v) is 5.56. The van der Waals surface area contributed by atoms with Crippen LogP contribution in [0.5, 0.6) is 0 Å². The molecule has 2 amide bonds. The molecule has 0 aliphatic carbocycles. The first-order valence-electron chi connectivity index (χ1n) is 13.1. The summed E-state index contributed by atoms with van der Waals surface area (Å²) < 4.78 is 0. The van der Waals surface area contributed by atoms with E-state index in [1.807, 2.05) is 45.0 Å². The van der Waals surface area contributed by atoms with Crippen molar-refractivity contribution in [1.82, 2.24) is 19.9 Å². The molecule has 46 heavy (non-hydrogen) atoms. The van der Waals surface area contributed by atoms with Gasteiger partial charge in [-0.3, -0.25) is 9.59 Å². The van der Waals surface area contributed by atoms with E-state index in [1.165, 1.54) is 0 Å². The highest BCUT2D eigenvalue weighted by atomic mass is 35.5. The van der Waals surface area contributed by atoms with Crippen LogP contribution in [0.15, 0.2) is 85.5 Å². The Balaban J connectivity index is -0.000000625. The summed E-state index contributed by atoms with van der Waals surface area (Å²) in [5.74, 6) is 0.406. The predicted octanol–water partition coefficient (Wildman–Crippen LogP) is 1.31. The fourth-order valence-corrected chi connectivity index (χ4v) is 3.07. The summed E-state index contributed by atoms with van der Waals surface area (Å²) in [5, 5.41) is 24.1. The normalized spacial score (nSPS) is 9.76. The molecule has 0 aliphatic heterocycles. The van der Waals surface area contributed by atoms with Gasteiger partial charge in [0.1, 0.15) is 0 Å². The zero-order valence-corrected chi connectivity index (χ0v) is 27.3. The van der Waals surface area contributed by atoms with E-state index in [-0.39, 0.29) is 33.7 Å². The minimum Gasteiger partial charge on any atom is -0.423 e. The molecule has 0 radical (unpaired) electrons. The highest BCUT2D eigenvalue weighted by molar-refractivity contribution is 6.60. The topological polar surface area (TPSA) is 276 Å². The van der Waals surface area contributed by atoms with Gasteiger partial charge in [-0.1, -0.05) is 71.9 Å². The highest BCUT2D eigenvalue weighted by Crippen LogP contribution is 2.26. The fourth-order valence-electron chi connectivity index (χ4n) is 2.96. The maximum absolute atomic E-state index is 12.1. The molecule has 2 heterocycles. The Morgan fingerprint density at radius 2 is 1.02 bits per heavy atom. The number of hydrogen-bond acceptors (Lipinski definition) is 8. The van der Waals surface area contributed by atoms with Crippen molar-refractivity contribution in [3.63, 3.8) is 0 Å². The molecule has 0 unspecified atom stereocenters. The monoisotopic (exact) mass is 662 g/mol. The van der Waals surface area contributed by atoms with Crippen LogP contribution in [0.25, 0.3) is 11.4 Å². The van der Waals surface area contributed by atoms with Crippen LogP contribution in [0.1, 0.15) is 41.5 Å². The summed E-state index contributed by atoms with van der Waals surface area (Å²) in [6, 6.07) is 17.6. The van der Waals surface area contributed by atoms with Gasteiger partial charge in [0.25, 0.3) is 0 Å². The van der Waals surface area contributed by atoms with E-state index in [9.17, 15) is 9.59 Å². The molecule has 14 nitrogen and oxygen atoms in total. The first-order chi connectivity index (χ1) is 19.7. The third-order valence-electron chi connectivity index (χ3n) is 5.37. The largest absolute Gasteiger partial charge is 0.490 e. The summed E-state index contributed by atoms with van der Waals surface area (Å²) in [6.45, 7) is 11.0. The molecule has 4 aromatic rings. The Labute approximate surface area is 273 Å². The molecule has 16 heteroatoms. The van der Waals surface area contributed by atoms with Gasteiger partial charge in [-0.25, -0.2) is 19.9 Å². The molecular formula is C30H44BClN6O8. The summed E-state index contributed by atoms with van der Waals surface area (Å²) >= 11 is 5.32. The first-order valence-corrected chi connectivity index (χ1v) is 13.4. The summed E-state index contributed by atoms with van der Waals surface area (Å²) in [6.07, 6.45) is 6.56. The number of aromatic nitrogens is 4. The predicted molar refractivity (Wildman–Crippen MR) is 181 cm³/mol. The van der Waals surface area contributed by atoms with Crippen LogP contribution in [0, 0.1) is 10.8 Å². The van der Waals surface area contributed by atoms with E-state index in [0.29, 0.717) is 22.3 Å². The zero-order chi connectivity index (χ0) is 31.3. The molecule has 2 aromatic heterocycles. The van der Waals surface area contributed by atoms with E-state index in [1.54, 1.807) is 82.0 Å². The number of rotatable bonds is 4. The number of para-hydroxylation sites is 2. The average molecular weight is 663 g/mol. The highest BCUT2D eigenvalue weighted by Gasteiger charge is 2.24. The lowest BCUT2D eigenvalue weighted by Crippen LogP contribution is -2.36. The van der Waals surface area contributed by atoms with Crippen LogP contribution in [0.3, 0.4) is 0 Å². The molecule has 0 spiro atoms. The van der Waals surface area contributed by atoms with Crippen molar-refractivity contribution in [1.29, 1.82) is 0 Å². The second-order valence-corrected chi connectivity index (χ2v) is 11.3. The van der Waals surface area contributed by atoms with Crippen LogP contribution < -0.4 is 16.1 Å². The van der Waals surface area contributed by atoms with Gasteiger partial charge in [-0.2, -0.15) is 0 Å². The van der Waals surface area contributed by atoms with Crippen molar-refractivity contribution in [2.45, 2.75) is 41.5 Å². The van der Waals surface area contributed by atoms with Gasteiger partial charge in [0, 0.05) is 52.3 Å². The van der Waals surface area contributed by atoms with Gasteiger partial charge in [0.2, 0.25) is 17.1 Å². The van der Waals surface area contributed by atoms with Gasteiger partial charge in [0.05, 0.1) is 5.69 Å². The third kappa shape index (κ3) is 15.6. The van der Waals surface area contributed by atoms with Gasteiger partial charge in [-0.15, -0.1) is 0 Å². The molecule has 0 saturated carbocycles. The number of hydrogen-bond donors (Lipinski definition) is 4. The van der Waals surface area contributed by atoms with E-state index >= 15 is 0 Å². The van der Waals surface area contributed by atoms with E-state index < -0.39 is 17.9 Å². The number of nitrogens with one attached hydrogen (secondary N) is 2. The lowest BCUT2D eigenvalue weighted by molar-refractivity contribution is -0.123. The average Bonchev–Trinajstić information content (AvgIpc) is 2.94. The Morgan fingerprint density at radius 3 is 1.43 bits per heavy atom. The number of benzene rings is 2. The van der Waals surface area contributed by atoms with Gasteiger partial charge < -0.3 is 42.6 Å². The van der Waals surface area contributed by atoms with E-state index in [2.05, 4.69) is 30.6 Å². The van der Waals surface area contributed by atoms with Crippen LogP contribution in [-0.4, -0.2) is 70.8 Å². The smallest absolute Gasteiger partial charge is 0.423 e. The van der Waals surface area contributed by atoms with Crippen molar-refractivity contribution >= 4 is 47.4 Å². The molecule has 0 fully saturated rings. The van der Waals surface area contributed by atoms with Crippen molar-refractivity contribution in [2.75, 3.05) is 10.6 Å². The maximum atomic E-state index is 12.1. The number of anilines is 2. The van der Waals surface area contributed by atoms with Gasteiger partial charge in [-0.05, 0) is 41.9 Å². The van der Waals surface area contributed by atoms with Crippen LogP contribution in [-0.2, 0) is 9.59 Å². The second-order valence-electron chi connectivity index (χ2n) is 11.0. The summed E-state index contributed by atoms with van der Waals surface area (Å²) in [5.41, 5.74) is 1.31. The number of halogens is 1. The van der Waals surface area contributed by atoms with Crippen molar-refractivity contribution in [3.05, 3.63) is 90.7 Å². The Hall–Kier alpha value is -4.35. The minimum absolute atomic E-state index is 0. The maximum Gasteiger partial charge on any atom is 0.490 e. The Morgan fingerprint density at radius 1 is 0.630 bits per heavy atom. The standard InChI is InChI=1S/C15H17N3O.C11H16BNO3.C4H3ClN2.4H2O/c1-15(2,3)14(19)18-12-8-5-4-7-11(12)13-16-9-6-10-17-13;1-11(2,3)10(14)13-9-7-5-4-6-8(9)12(15)16;5-4-6-2-1-3-7-4;;;;/h4-10H,1-3H3,(H,18,19);4-7,15-16H,1-3H3,(H,13,14);1-3H;4*1H2. The van der Waals surface area contributed by atoms with Crippen LogP contribution in [0.4, 0.5) is 11.4 Å². The summed E-state index contributed by atoms with van der Waals surface area (Å²) in [7, 11) is -1.59. The molecule has 252 valence electrons. The molecular weight excluding hydrogens is 619 g/mol. The SMILES string of the molecule is CC(C)(C)C(=O)Nc1ccccc1-c1ncccn1.CC(C)(C)C(=O)Nc1ccccc1B(O)O.Clc1ncccn1.O.O.O.O.